The van der Waals surface area contributed by atoms with Crippen molar-refractivity contribution in [2.75, 3.05) is 25.1 Å². The second-order valence-electron chi connectivity index (χ2n) is 7.53. The van der Waals surface area contributed by atoms with Crippen LogP contribution in [0.1, 0.15) is 0 Å². The van der Waals surface area contributed by atoms with Crippen LogP contribution in [-0.2, 0) is 0 Å². The minimum Gasteiger partial charge on any atom is -0.494 e. The lowest BCUT2D eigenvalue weighted by Gasteiger charge is -2.40. The molecule has 0 unspecified atom stereocenters. The van der Waals surface area contributed by atoms with Crippen LogP contribution in [0, 0.1) is 11.6 Å². The van der Waals surface area contributed by atoms with Gasteiger partial charge in [0.2, 0.25) is 0 Å². The van der Waals surface area contributed by atoms with Crippen molar-refractivity contribution in [2.45, 2.75) is 5.92 Å². The average Bonchev–Trinajstić information content (AvgIpc) is 2.78. The smallest absolute Gasteiger partial charge is 0.282 e. The first-order valence-electron chi connectivity index (χ1n) is 9.73. The zero-order chi connectivity index (χ0) is 22.5. The first kappa shape index (κ1) is 20.2. The van der Waals surface area contributed by atoms with E-state index in [0.29, 0.717) is 45.0 Å². The summed E-state index contributed by atoms with van der Waals surface area (Å²) in [7, 11) is 1.45. The third-order valence-corrected chi connectivity index (χ3v) is 5.28. The SMILES string of the molecule is COc1cc(-c2ccc(F)c(F)c2)cc2c(N3CC(F)(F)C3)nc(-c3cccnc3)nc12. The molecular weight excluding hydrogens is 424 g/mol. The Labute approximate surface area is 180 Å². The van der Waals surface area contributed by atoms with Crippen LogP contribution in [0.4, 0.5) is 23.4 Å². The second-order valence-corrected chi connectivity index (χ2v) is 7.53. The van der Waals surface area contributed by atoms with Gasteiger partial charge in [-0.2, -0.15) is 0 Å². The number of hydrogen-bond acceptors (Lipinski definition) is 5. The number of anilines is 1. The standard InChI is InChI=1S/C23H16F4N4O/c1-32-19-9-15(13-4-5-17(24)18(25)8-13)7-16-20(19)29-21(14-3-2-6-28-10-14)30-22(16)31-11-23(26,27)12-31/h2-10H,11-12H2,1H3. The highest BCUT2D eigenvalue weighted by Crippen LogP contribution is 2.40. The van der Waals surface area contributed by atoms with Gasteiger partial charge in [-0.3, -0.25) is 4.98 Å². The van der Waals surface area contributed by atoms with Crippen LogP contribution in [0.25, 0.3) is 33.4 Å². The van der Waals surface area contributed by atoms with Gasteiger partial charge in [-0.15, -0.1) is 0 Å². The predicted octanol–water partition coefficient (Wildman–Crippen LogP) is 5.10. The number of ether oxygens (including phenoxy) is 1. The quantitative estimate of drug-likeness (QED) is 0.413. The van der Waals surface area contributed by atoms with Gasteiger partial charge in [0.05, 0.1) is 20.2 Å². The Morgan fingerprint density at radius 2 is 1.75 bits per heavy atom. The van der Waals surface area contributed by atoms with Crippen molar-refractivity contribution in [3.8, 4) is 28.3 Å². The molecule has 0 spiro atoms. The maximum atomic E-state index is 13.8. The summed E-state index contributed by atoms with van der Waals surface area (Å²) in [4.78, 5) is 14.7. The van der Waals surface area contributed by atoms with Gasteiger partial charge in [0, 0.05) is 23.3 Å². The lowest BCUT2D eigenvalue weighted by molar-refractivity contribution is -0.0265. The molecule has 5 rings (SSSR count). The van der Waals surface area contributed by atoms with Crippen molar-refractivity contribution in [1.29, 1.82) is 0 Å². The highest BCUT2D eigenvalue weighted by molar-refractivity contribution is 5.98. The Morgan fingerprint density at radius 3 is 2.41 bits per heavy atom. The third kappa shape index (κ3) is 3.49. The molecule has 9 heteroatoms. The van der Waals surface area contributed by atoms with Crippen molar-refractivity contribution in [2.24, 2.45) is 0 Å². The summed E-state index contributed by atoms with van der Waals surface area (Å²) in [5.74, 6) is -3.80. The van der Waals surface area contributed by atoms with Crippen LogP contribution in [0.5, 0.6) is 5.75 Å². The van der Waals surface area contributed by atoms with Crippen LogP contribution in [-0.4, -0.2) is 41.1 Å². The maximum Gasteiger partial charge on any atom is 0.282 e. The van der Waals surface area contributed by atoms with Crippen LogP contribution in [0.2, 0.25) is 0 Å². The van der Waals surface area contributed by atoms with Gasteiger partial charge >= 0.3 is 0 Å². The molecule has 1 aliphatic heterocycles. The van der Waals surface area contributed by atoms with Gasteiger partial charge in [-0.25, -0.2) is 27.5 Å². The largest absolute Gasteiger partial charge is 0.494 e. The number of aromatic nitrogens is 3. The zero-order valence-corrected chi connectivity index (χ0v) is 16.8. The summed E-state index contributed by atoms with van der Waals surface area (Å²) in [5, 5.41) is 0.465. The molecule has 2 aromatic carbocycles. The lowest BCUT2D eigenvalue weighted by Crippen LogP contribution is -2.56. The number of nitrogens with zero attached hydrogens (tertiary/aromatic N) is 4. The normalized spacial score (nSPS) is 15.0. The molecule has 0 aliphatic carbocycles. The van der Waals surface area contributed by atoms with Gasteiger partial charge in [-0.05, 0) is 47.5 Å². The Morgan fingerprint density at radius 1 is 0.938 bits per heavy atom. The summed E-state index contributed by atoms with van der Waals surface area (Å²) in [6.07, 6.45) is 3.19. The Balaban J connectivity index is 1.75. The molecule has 0 atom stereocenters. The number of pyridine rings is 1. The molecular formula is C23H16F4N4O. The molecule has 0 amide bonds. The van der Waals surface area contributed by atoms with E-state index in [1.165, 1.54) is 18.1 Å². The van der Waals surface area contributed by atoms with Gasteiger partial charge in [-0.1, -0.05) is 6.07 Å². The Kier molecular flexibility index (Phi) is 4.69. The highest BCUT2D eigenvalue weighted by atomic mass is 19.3. The fourth-order valence-corrected chi connectivity index (χ4v) is 3.71. The highest BCUT2D eigenvalue weighted by Gasteiger charge is 2.45. The van der Waals surface area contributed by atoms with Gasteiger partial charge < -0.3 is 9.64 Å². The van der Waals surface area contributed by atoms with Crippen molar-refractivity contribution in [1.82, 2.24) is 15.0 Å². The van der Waals surface area contributed by atoms with E-state index in [0.717, 1.165) is 12.1 Å². The molecule has 0 bridgehead atoms. The summed E-state index contributed by atoms with van der Waals surface area (Å²) < 4.78 is 60.1. The van der Waals surface area contributed by atoms with Crippen LogP contribution in [0.3, 0.4) is 0 Å². The topological polar surface area (TPSA) is 51.1 Å². The summed E-state index contributed by atoms with van der Waals surface area (Å²) in [6, 6.07) is 10.3. The third-order valence-electron chi connectivity index (χ3n) is 5.28. The predicted molar refractivity (Wildman–Crippen MR) is 112 cm³/mol. The van der Waals surface area contributed by atoms with E-state index in [1.807, 2.05) is 0 Å². The molecule has 1 saturated heterocycles. The molecule has 3 heterocycles. The van der Waals surface area contributed by atoms with Crippen LogP contribution in [0.15, 0.2) is 54.9 Å². The molecule has 4 aromatic rings. The van der Waals surface area contributed by atoms with E-state index >= 15 is 0 Å². The molecule has 0 saturated carbocycles. The summed E-state index contributed by atoms with van der Waals surface area (Å²) >= 11 is 0. The van der Waals surface area contributed by atoms with Crippen LogP contribution >= 0.6 is 0 Å². The van der Waals surface area contributed by atoms with Crippen LogP contribution < -0.4 is 9.64 Å². The molecule has 0 radical (unpaired) electrons. The molecule has 1 aliphatic rings. The number of benzene rings is 2. The van der Waals surface area contributed by atoms with Gasteiger partial charge in [0.1, 0.15) is 17.1 Å². The second kappa shape index (κ2) is 7.44. The van der Waals surface area contributed by atoms with Crippen molar-refractivity contribution in [3.05, 3.63) is 66.5 Å². The molecule has 32 heavy (non-hydrogen) atoms. The molecule has 0 N–H and O–H groups in total. The number of rotatable bonds is 4. The summed E-state index contributed by atoms with van der Waals surface area (Å²) in [6.45, 7) is -0.966. The van der Waals surface area contributed by atoms with E-state index in [1.54, 1.807) is 36.7 Å². The van der Waals surface area contributed by atoms with E-state index in [9.17, 15) is 17.6 Å². The van der Waals surface area contributed by atoms with E-state index in [2.05, 4.69) is 15.0 Å². The monoisotopic (exact) mass is 440 g/mol. The van der Waals surface area contributed by atoms with Crippen molar-refractivity contribution in [3.63, 3.8) is 0 Å². The minimum absolute atomic E-state index is 0.308. The Bertz CT molecular complexity index is 1320. The fourth-order valence-electron chi connectivity index (χ4n) is 3.71. The average molecular weight is 440 g/mol. The van der Waals surface area contributed by atoms with E-state index < -0.39 is 30.6 Å². The Hall–Kier alpha value is -3.75. The van der Waals surface area contributed by atoms with Gasteiger partial charge in [0.15, 0.2) is 17.5 Å². The number of alkyl halides is 2. The van der Waals surface area contributed by atoms with Crippen molar-refractivity contribution >= 4 is 16.7 Å². The van der Waals surface area contributed by atoms with E-state index in [-0.39, 0.29) is 0 Å². The summed E-state index contributed by atoms with van der Waals surface area (Å²) in [5.41, 5.74) is 1.95. The number of hydrogen-bond donors (Lipinski definition) is 0. The minimum atomic E-state index is -2.81. The number of fused-ring (bicyclic) bond motifs is 1. The lowest BCUT2D eigenvalue weighted by atomic mass is 10.0. The molecule has 1 fully saturated rings. The molecule has 2 aromatic heterocycles. The maximum absolute atomic E-state index is 13.8. The first-order chi connectivity index (χ1) is 15.3. The molecule has 5 nitrogen and oxygen atoms in total. The fraction of sp³-hybridized carbons (Fsp3) is 0.174. The molecule has 162 valence electrons. The van der Waals surface area contributed by atoms with E-state index in [4.69, 9.17) is 4.74 Å². The first-order valence-corrected chi connectivity index (χ1v) is 9.73. The number of halogens is 4. The number of methoxy groups -OCH3 is 1. The van der Waals surface area contributed by atoms with Crippen molar-refractivity contribution < 1.29 is 22.3 Å². The zero-order valence-electron chi connectivity index (χ0n) is 16.8. The van der Waals surface area contributed by atoms with Gasteiger partial charge in [0.25, 0.3) is 5.92 Å².